The number of aryl methyl sites for hydroxylation is 1. The van der Waals surface area contributed by atoms with Crippen LogP contribution in [0.25, 0.3) is 118 Å². The molecule has 0 saturated heterocycles. The maximum absolute atomic E-state index is 6.17. The smallest absolute Gasteiger partial charge is 0.238 e. The van der Waals surface area contributed by atoms with Crippen LogP contribution in [-0.4, -0.2) is 29.1 Å². The minimum atomic E-state index is 0.548. The second kappa shape index (κ2) is 14.1. The molecule has 4 heterocycles. The van der Waals surface area contributed by atoms with Gasteiger partial charge in [-0.05, 0) is 83.6 Å². The molecule has 0 amide bonds. The summed E-state index contributed by atoms with van der Waals surface area (Å²) in [4.78, 5) is 20.6. The number of benzene rings is 8. The van der Waals surface area contributed by atoms with E-state index in [4.69, 9.17) is 24.4 Å². The lowest BCUT2D eigenvalue weighted by atomic mass is 9.90. The third-order valence-electron chi connectivity index (χ3n) is 12.5. The van der Waals surface area contributed by atoms with Crippen molar-refractivity contribution < 1.29 is 4.42 Å². The van der Waals surface area contributed by atoms with Crippen molar-refractivity contribution in [3.63, 3.8) is 0 Å². The van der Waals surface area contributed by atoms with Crippen LogP contribution in [0.2, 0.25) is 0 Å². The Morgan fingerprint density at radius 2 is 1.06 bits per heavy atom. The Morgan fingerprint density at radius 3 is 1.81 bits per heavy atom. The van der Waals surface area contributed by atoms with Gasteiger partial charge in [-0.15, -0.1) is 0 Å². The number of aromatic nitrogens is 6. The predicted octanol–water partition coefficient (Wildman–Crippen LogP) is 13.8. The van der Waals surface area contributed by atoms with E-state index in [-0.39, 0.29) is 0 Å². The third kappa shape index (κ3) is 5.67. The topological polar surface area (TPSA) is 74.6 Å². The molecule has 0 unspecified atom stereocenters. The number of hydrogen-bond acceptors (Lipinski definition) is 5. The van der Waals surface area contributed by atoms with Gasteiger partial charge in [0, 0.05) is 43.9 Å². The Bertz CT molecular complexity index is 3750. The standard InChI is InChI=1S/C56H36N6O/c1-2-14-37(15-3-1)53-58-54(38-27-25-36(26-28-38)42-20-12-16-35-13-4-5-17-41(35)42)60-56(59-53)62-49-23-10-7-19-44(49)46-34-33-45-43-18-6-9-22-48(43)61(51(45)52(46)62)40-31-29-39(30-32-40)55-57-47-21-8-11-24-50(47)63-55/h1-3,5-12,14-34H,4,13H2. The molecule has 0 N–H and O–H groups in total. The van der Waals surface area contributed by atoms with Crippen LogP contribution in [0.15, 0.2) is 192 Å². The van der Waals surface area contributed by atoms with Crippen molar-refractivity contribution in [3.8, 4) is 57.0 Å². The van der Waals surface area contributed by atoms with Crippen LogP contribution in [0.1, 0.15) is 17.5 Å². The molecular weight excluding hydrogens is 773 g/mol. The van der Waals surface area contributed by atoms with Gasteiger partial charge in [0.05, 0.1) is 22.1 Å². The molecule has 1 aliphatic carbocycles. The van der Waals surface area contributed by atoms with Crippen LogP contribution in [0.4, 0.5) is 0 Å². The highest BCUT2D eigenvalue weighted by atomic mass is 16.3. The summed E-state index contributed by atoms with van der Waals surface area (Å²) >= 11 is 0. The molecule has 0 atom stereocenters. The first-order valence-electron chi connectivity index (χ1n) is 21.4. The number of hydrogen-bond donors (Lipinski definition) is 0. The number of nitrogens with zero attached hydrogens (tertiary/aromatic N) is 6. The summed E-state index contributed by atoms with van der Waals surface area (Å²) in [6.07, 6.45) is 6.69. The molecule has 0 radical (unpaired) electrons. The predicted molar refractivity (Wildman–Crippen MR) is 255 cm³/mol. The summed E-state index contributed by atoms with van der Waals surface area (Å²) in [5.74, 6) is 2.36. The van der Waals surface area contributed by atoms with Crippen molar-refractivity contribution in [2.45, 2.75) is 12.8 Å². The molecule has 63 heavy (non-hydrogen) atoms. The molecule has 0 bridgehead atoms. The number of para-hydroxylation sites is 4. The van der Waals surface area contributed by atoms with Crippen LogP contribution < -0.4 is 0 Å². The highest BCUT2D eigenvalue weighted by Gasteiger charge is 2.24. The van der Waals surface area contributed by atoms with E-state index in [0.29, 0.717) is 23.5 Å². The lowest BCUT2D eigenvalue weighted by Crippen LogP contribution is -2.07. The maximum atomic E-state index is 6.17. The van der Waals surface area contributed by atoms with E-state index < -0.39 is 0 Å². The van der Waals surface area contributed by atoms with Gasteiger partial charge >= 0.3 is 0 Å². The molecule has 1 aliphatic rings. The van der Waals surface area contributed by atoms with Gasteiger partial charge < -0.3 is 8.98 Å². The summed E-state index contributed by atoms with van der Waals surface area (Å²) in [7, 11) is 0. The van der Waals surface area contributed by atoms with Crippen molar-refractivity contribution in [3.05, 3.63) is 199 Å². The van der Waals surface area contributed by atoms with Crippen LogP contribution in [0, 0.1) is 0 Å². The Balaban J connectivity index is 1.04. The van der Waals surface area contributed by atoms with Crippen molar-refractivity contribution in [1.29, 1.82) is 0 Å². The van der Waals surface area contributed by atoms with Crippen LogP contribution in [-0.2, 0) is 6.42 Å². The first kappa shape index (κ1) is 35.3. The molecule has 0 saturated carbocycles. The van der Waals surface area contributed by atoms with Crippen molar-refractivity contribution in [1.82, 2.24) is 29.1 Å². The zero-order valence-electron chi connectivity index (χ0n) is 34.0. The van der Waals surface area contributed by atoms with Gasteiger partial charge in [0.2, 0.25) is 11.8 Å². The molecule has 0 spiro atoms. The second-order valence-electron chi connectivity index (χ2n) is 16.1. The summed E-state index contributed by atoms with van der Waals surface area (Å²) in [5, 5.41) is 4.52. The maximum Gasteiger partial charge on any atom is 0.238 e. The fourth-order valence-electron chi connectivity index (χ4n) is 9.55. The molecule has 7 nitrogen and oxygen atoms in total. The highest BCUT2D eigenvalue weighted by molar-refractivity contribution is 6.23. The van der Waals surface area contributed by atoms with E-state index in [1.54, 1.807) is 0 Å². The normalized spacial score (nSPS) is 12.6. The van der Waals surface area contributed by atoms with Gasteiger partial charge in [0.15, 0.2) is 17.2 Å². The van der Waals surface area contributed by atoms with Gasteiger partial charge in [0.1, 0.15) is 5.52 Å². The molecule has 4 aromatic heterocycles. The number of fused-ring (bicyclic) bond motifs is 9. The van der Waals surface area contributed by atoms with E-state index in [9.17, 15) is 0 Å². The Kier molecular flexibility index (Phi) is 7.90. The molecule has 0 aliphatic heterocycles. The molecule has 7 heteroatoms. The molecule has 296 valence electrons. The fourth-order valence-corrected chi connectivity index (χ4v) is 9.55. The first-order valence-corrected chi connectivity index (χ1v) is 21.4. The molecule has 12 aromatic rings. The monoisotopic (exact) mass is 808 g/mol. The quantitative estimate of drug-likeness (QED) is 0.167. The van der Waals surface area contributed by atoms with Crippen molar-refractivity contribution in [2.24, 2.45) is 0 Å². The second-order valence-corrected chi connectivity index (χ2v) is 16.1. The fraction of sp³-hybridized carbons (Fsp3) is 0.0357. The summed E-state index contributed by atoms with van der Waals surface area (Å²) in [5.41, 5.74) is 14.7. The van der Waals surface area contributed by atoms with Gasteiger partial charge in [-0.3, -0.25) is 4.57 Å². The van der Waals surface area contributed by atoms with Gasteiger partial charge in [-0.25, -0.2) is 9.97 Å². The Labute approximate surface area is 361 Å². The van der Waals surface area contributed by atoms with Crippen LogP contribution in [0.3, 0.4) is 0 Å². The zero-order chi connectivity index (χ0) is 41.4. The van der Waals surface area contributed by atoms with Crippen molar-refractivity contribution >= 4 is 60.8 Å². The minimum absolute atomic E-state index is 0.548. The summed E-state index contributed by atoms with van der Waals surface area (Å²) in [6, 6.07) is 63.5. The molecular formula is C56H36N6O. The van der Waals surface area contributed by atoms with E-state index in [1.165, 1.54) is 22.3 Å². The van der Waals surface area contributed by atoms with Crippen LogP contribution >= 0.6 is 0 Å². The lowest BCUT2D eigenvalue weighted by molar-refractivity contribution is 0.620. The summed E-state index contributed by atoms with van der Waals surface area (Å²) in [6.45, 7) is 0. The lowest BCUT2D eigenvalue weighted by Gasteiger charge is -2.15. The number of rotatable bonds is 6. The average Bonchev–Trinajstić information content (AvgIpc) is 4.05. The largest absolute Gasteiger partial charge is 0.436 e. The molecule has 13 rings (SSSR count). The van der Waals surface area contributed by atoms with Gasteiger partial charge in [-0.1, -0.05) is 146 Å². The minimum Gasteiger partial charge on any atom is -0.436 e. The van der Waals surface area contributed by atoms with Crippen LogP contribution in [0.5, 0.6) is 0 Å². The van der Waals surface area contributed by atoms with E-state index in [1.807, 2.05) is 42.5 Å². The number of oxazole rings is 1. The van der Waals surface area contributed by atoms with E-state index in [0.717, 1.165) is 89.9 Å². The van der Waals surface area contributed by atoms with Crippen molar-refractivity contribution in [2.75, 3.05) is 0 Å². The van der Waals surface area contributed by atoms with E-state index in [2.05, 4.69) is 161 Å². The van der Waals surface area contributed by atoms with E-state index >= 15 is 0 Å². The van der Waals surface area contributed by atoms with Gasteiger partial charge in [0.25, 0.3) is 0 Å². The summed E-state index contributed by atoms with van der Waals surface area (Å²) < 4.78 is 10.8. The molecule has 8 aromatic carbocycles. The van der Waals surface area contributed by atoms with Gasteiger partial charge in [-0.2, -0.15) is 9.97 Å². The first-order chi connectivity index (χ1) is 31.2. The average molecular weight is 809 g/mol. The zero-order valence-corrected chi connectivity index (χ0v) is 34.0. The Morgan fingerprint density at radius 1 is 0.444 bits per heavy atom. The third-order valence-corrected chi connectivity index (χ3v) is 12.5. The Hall–Kier alpha value is -8.42. The molecule has 0 fully saturated rings. The number of allylic oxidation sites excluding steroid dienone is 1. The highest BCUT2D eigenvalue weighted by Crippen LogP contribution is 2.42. The SMILES string of the molecule is C1=Cc2c(cccc2-c2ccc(-c3nc(-c4ccccc4)nc(-n4c5ccccc5c5ccc6c7ccccc7n(-c7ccc(-c8nc9ccccc9o8)cc7)c6c54)n3)cc2)CC1.